The molecule has 0 radical (unpaired) electrons. The second kappa shape index (κ2) is 6.12. The molecule has 0 N–H and O–H groups in total. The fourth-order valence-electron chi connectivity index (χ4n) is 1.32. The first-order valence-electron chi connectivity index (χ1n) is 5.20. The van der Waals surface area contributed by atoms with Crippen molar-refractivity contribution in [3.63, 3.8) is 0 Å². The maximum Gasteiger partial charge on any atom is 0.115 e. The van der Waals surface area contributed by atoms with E-state index in [1.807, 2.05) is 0 Å². The molecule has 0 amide bonds. The molecule has 0 bridgehead atoms. The molecule has 78 valence electrons. The first-order chi connectivity index (χ1) is 6.76. The van der Waals surface area contributed by atoms with E-state index in [-0.39, 0.29) is 0 Å². The van der Waals surface area contributed by atoms with Gasteiger partial charge in [-0.3, -0.25) is 0 Å². The maximum absolute atomic E-state index is 4.27. The highest BCUT2D eigenvalue weighted by atomic mass is 79.9. The largest absolute Gasteiger partial charge is 0.241 e. The maximum atomic E-state index is 4.27. The van der Waals surface area contributed by atoms with E-state index in [2.05, 4.69) is 45.8 Å². The van der Waals surface area contributed by atoms with Gasteiger partial charge in [0.05, 0.1) is 0 Å². The Balaban J connectivity index is 2.63. The zero-order valence-corrected chi connectivity index (χ0v) is 10.4. The van der Waals surface area contributed by atoms with Gasteiger partial charge in [-0.1, -0.05) is 36.2 Å². The molecular weight excluding hydrogens is 240 g/mol. The molecule has 0 aliphatic rings. The van der Waals surface area contributed by atoms with Crippen LogP contribution in [0.3, 0.4) is 0 Å². The van der Waals surface area contributed by atoms with Gasteiger partial charge in [-0.15, -0.1) is 0 Å². The number of hydrogen-bond donors (Lipinski definition) is 0. The third-order valence-corrected chi connectivity index (χ3v) is 3.13. The third-order valence-electron chi connectivity index (χ3n) is 2.16. The number of halogens is 1. The van der Waals surface area contributed by atoms with Crippen molar-refractivity contribution in [3.05, 3.63) is 23.8 Å². The van der Waals surface area contributed by atoms with Crippen LogP contribution in [0.2, 0.25) is 0 Å². The van der Waals surface area contributed by atoms with E-state index in [0.717, 1.165) is 37.1 Å². The van der Waals surface area contributed by atoms with Gasteiger partial charge in [0.2, 0.25) is 0 Å². The smallest absolute Gasteiger partial charge is 0.115 e. The fraction of sp³-hybridized carbons (Fsp3) is 0.636. The molecule has 0 saturated carbocycles. The Kier molecular flexibility index (Phi) is 5.09. The normalized spacial score (nSPS) is 12.8. The lowest BCUT2D eigenvalue weighted by Crippen LogP contribution is -2.04. The Labute approximate surface area is 94.3 Å². The molecule has 1 heterocycles. The Bertz CT molecular complexity index is 276. The van der Waals surface area contributed by atoms with Crippen molar-refractivity contribution in [1.82, 2.24) is 9.97 Å². The van der Waals surface area contributed by atoms with Crippen LogP contribution in [0.15, 0.2) is 12.4 Å². The number of aromatic nitrogens is 2. The minimum Gasteiger partial charge on any atom is -0.241 e. The molecule has 1 aromatic heterocycles. The summed E-state index contributed by atoms with van der Waals surface area (Å²) >= 11 is 3.62. The van der Waals surface area contributed by atoms with E-state index >= 15 is 0 Å². The number of alkyl halides is 1. The quantitative estimate of drug-likeness (QED) is 0.757. The van der Waals surface area contributed by atoms with Crippen LogP contribution in [0.25, 0.3) is 0 Å². The molecule has 1 atom stereocenters. The molecule has 1 rings (SSSR count). The van der Waals surface area contributed by atoms with Crippen molar-refractivity contribution in [2.75, 3.05) is 0 Å². The van der Waals surface area contributed by atoms with Gasteiger partial charge in [0.25, 0.3) is 0 Å². The molecule has 14 heavy (non-hydrogen) atoms. The van der Waals surface area contributed by atoms with Crippen molar-refractivity contribution in [2.45, 2.75) is 44.4 Å². The molecule has 0 aromatic carbocycles. The average Bonchev–Trinajstić information content (AvgIpc) is 2.19. The Morgan fingerprint density at radius 2 is 2.00 bits per heavy atom. The summed E-state index contributed by atoms with van der Waals surface area (Å²) in [5, 5.41) is 0. The van der Waals surface area contributed by atoms with E-state index < -0.39 is 0 Å². The minimum absolute atomic E-state index is 0.534. The Morgan fingerprint density at radius 3 is 2.64 bits per heavy atom. The second-order valence-electron chi connectivity index (χ2n) is 3.46. The Morgan fingerprint density at radius 1 is 1.29 bits per heavy atom. The second-order valence-corrected chi connectivity index (χ2v) is 4.76. The summed E-state index contributed by atoms with van der Waals surface area (Å²) < 4.78 is 0. The molecule has 0 aliphatic carbocycles. The van der Waals surface area contributed by atoms with E-state index in [1.165, 1.54) is 0 Å². The third kappa shape index (κ3) is 3.74. The standard InChI is InChI=1S/C11H17BrN2/c1-3-5-10-7-11(14-8-13-10)6-9(12)4-2/h7-9H,3-6H2,1-2H3. The molecular formula is C11H17BrN2. The lowest BCUT2D eigenvalue weighted by atomic mass is 10.1. The number of hydrogen-bond acceptors (Lipinski definition) is 2. The number of aryl methyl sites for hydroxylation is 1. The summed E-state index contributed by atoms with van der Waals surface area (Å²) in [6.45, 7) is 4.34. The zero-order chi connectivity index (χ0) is 10.4. The fourth-order valence-corrected chi connectivity index (χ4v) is 1.65. The van der Waals surface area contributed by atoms with Crippen LogP contribution in [-0.4, -0.2) is 14.8 Å². The van der Waals surface area contributed by atoms with Gasteiger partial charge < -0.3 is 0 Å². The molecule has 0 fully saturated rings. The number of nitrogens with zero attached hydrogens (tertiary/aromatic N) is 2. The lowest BCUT2D eigenvalue weighted by molar-refractivity contribution is 0.791. The summed E-state index contributed by atoms with van der Waals surface area (Å²) in [5.41, 5.74) is 2.31. The summed E-state index contributed by atoms with van der Waals surface area (Å²) in [5.74, 6) is 0. The van der Waals surface area contributed by atoms with E-state index in [9.17, 15) is 0 Å². The molecule has 0 saturated heterocycles. The highest BCUT2D eigenvalue weighted by molar-refractivity contribution is 9.09. The van der Waals surface area contributed by atoms with Crippen LogP contribution in [0.5, 0.6) is 0 Å². The summed E-state index contributed by atoms with van der Waals surface area (Å²) in [6.07, 6.45) is 6.00. The van der Waals surface area contributed by atoms with Crippen LogP contribution in [0.4, 0.5) is 0 Å². The van der Waals surface area contributed by atoms with E-state index in [4.69, 9.17) is 0 Å². The molecule has 3 heteroatoms. The topological polar surface area (TPSA) is 25.8 Å². The predicted octanol–water partition coefficient (Wildman–Crippen LogP) is 3.15. The van der Waals surface area contributed by atoms with Gasteiger partial charge in [0, 0.05) is 22.6 Å². The monoisotopic (exact) mass is 256 g/mol. The molecule has 1 aromatic rings. The predicted molar refractivity (Wildman–Crippen MR) is 62.7 cm³/mol. The first kappa shape index (κ1) is 11.6. The summed E-state index contributed by atoms with van der Waals surface area (Å²) in [6, 6.07) is 2.12. The van der Waals surface area contributed by atoms with Crippen molar-refractivity contribution < 1.29 is 0 Å². The zero-order valence-electron chi connectivity index (χ0n) is 8.83. The molecule has 0 spiro atoms. The SMILES string of the molecule is CCCc1cc(CC(Br)CC)ncn1. The number of rotatable bonds is 5. The van der Waals surface area contributed by atoms with Crippen molar-refractivity contribution >= 4 is 15.9 Å². The average molecular weight is 257 g/mol. The minimum atomic E-state index is 0.534. The van der Waals surface area contributed by atoms with E-state index in [1.54, 1.807) is 6.33 Å². The molecule has 0 aliphatic heterocycles. The van der Waals surface area contributed by atoms with Gasteiger partial charge >= 0.3 is 0 Å². The van der Waals surface area contributed by atoms with Gasteiger partial charge in [-0.05, 0) is 18.9 Å². The van der Waals surface area contributed by atoms with Crippen LogP contribution < -0.4 is 0 Å². The molecule has 1 unspecified atom stereocenters. The van der Waals surface area contributed by atoms with Crippen molar-refractivity contribution in [2.24, 2.45) is 0 Å². The van der Waals surface area contributed by atoms with Gasteiger partial charge in [0.15, 0.2) is 0 Å². The van der Waals surface area contributed by atoms with Crippen molar-refractivity contribution in [3.8, 4) is 0 Å². The van der Waals surface area contributed by atoms with E-state index in [0.29, 0.717) is 4.83 Å². The van der Waals surface area contributed by atoms with Gasteiger partial charge in [0.1, 0.15) is 6.33 Å². The molecule has 2 nitrogen and oxygen atoms in total. The highest BCUT2D eigenvalue weighted by Crippen LogP contribution is 2.11. The van der Waals surface area contributed by atoms with Crippen molar-refractivity contribution in [1.29, 1.82) is 0 Å². The van der Waals surface area contributed by atoms with Crippen LogP contribution in [-0.2, 0) is 12.8 Å². The van der Waals surface area contributed by atoms with Crippen LogP contribution in [0, 0.1) is 0 Å². The van der Waals surface area contributed by atoms with Crippen LogP contribution in [0.1, 0.15) is 38.1 Å². The lowest BCUT2D eigenvalue weighted by Gasteiger charge is -2.06. The Hall–Kier alpha value is -0.440. The first-order valence-corrected chi connectivity index (χ1v) is 6.11. The van der Waals surface area contributed by atoms with Gasteiger partial charge in [-0.2, -0.15) is 0 Å². The van der Waals surface area contributed by atoms with Crippen LogP contribution >= 0.6 is 15.9 Å². The summed E-state index contributed by atoms with van der Waals surface area (Å²) in [7, 11) is 0. The van der Waals surface area contributed by atoms with Gasteiger partial charge in [-0.25, -0.2) is 9.97 Å². The summed E-state index contributed by atoms with van der Waals surface area (Å²) in [4.78, 5) is 9.04. The highest BCUT2D eigenvalue weighted by Gasteiger charge is 2.04.